The standard InChI is InChI=1S/C22H28N6O2.ClH/c1-15-8-9-17(14-16(15)2)24-21-25-20(23)26-22(27-10-12-30-13-11-27)28(21)18-6-4-5-7-19(18)29-3;/h4-9,14,21,24H,10-13H2,1-3H3,(H2,23,25);1H. The molecule has 1 fully saturated rings. The Balaban J connectivity index is 0.00000272. The molecule has 166 valence electrons. The normalized spacial score (nSPS) is 18.6. The Morgan fingerprint density at radius 2 is 1.84 bits per heavy atom. The zero-order valence-electron chi connectivity index (χ0n) is 18.0. The predicted molar refractivity (Wildman–Crippen MR) is 127 cm³/mol. The fourth-order valence-electron chi connectivity index (χ4n) is 3.61. The van der Waals surface area contributed by atoms with E-state index >= 15 is 0 Å². The molecular formula is C22H29ClN6O2. The lowest BCUT2D eigenvalue weighted by molar-refractivity contribution is 0.0671. The van der Waals surface area contributed by atoms with E-state index in [2.05, 4.69) is 52.2 Å². The maximum atomic E-state index is 6.15. The maximum Gasteiger partial charge on any atom is 0.222 e. The molecule has 31 heavy (non-hydrogen) atoms. The Labute approximate surface area is 189 Å². The molecule has 2 aromatic carbocycles. The lowest BCUT2D eigenvalue weighted by atomic mass is 10.1. The van der Waals surface area contributed by atoms with Gasteiger partial charge in [0.25, 0.3) is 0 Å². The Bertz CT molecular complexity index is 974. The fraction of sp³-hybridized carbons (Fsp3) is 0.364. The maximum absolute atomic E-state index is 6.15. The van der Waals surface area contributed by atoms with E-state index in [0.29, 0.717) is 13.2 Å². The van der Waals surface area contributed by atoms with Gasteiger partial charge in [-0.05, 0) is 49.2 Å². The SMILES string of the molecule is COc1ccccc1N1C(N2CCOCC2)=NC(N)=NC1Nc1ccc(C)c(C)c1.Cl. The number of halogens is 1. The van der Waals surface area contributed by atoms with Gasteiger partial charge in [-0.3, -0.25) is 4.90 Å². The van der Waals surface area contributed by atoms with Gasteiger partial charge in [0.1, 0.15) is 5.75 Å². The predicted octanol–water partition coefficient (Wildman–Crippen LogP) is 2.95. The van der Waals surface area contributed by atoms with Crippen LogP contribution in [0.3, 0.4) is 0 Å². The second-order valence-corrected chi connectivity index (χ2v) is 7.36. The van der Waals surface area contributed by atoms with Crippen molar-refractivity contribution in [3.05, 3.63) is 53.6 Å². The van der Waals surface area contributed by atoms with Crippen molar-refractivity contribution >= 4 is 35.7 Å². The number of methoxy groups -OCH3 is 1. The van der Waals surface area contributed by atoms with Gasteiger partial charge in [0, 0.05) is 18.8 Å². The average molecular weight is 445 g/mol. The highest BCUT2D eigenvalue weighted by Crippen LogP contribution is 2.32. The Hall–Kier alpha value is -2.97. The molecule has 2 aliphatic heterocycles. The summed E-state index contributed by atoms with van der Waals surface area (Å²) in [5.41, 5.74) is 10.4. The summed E-state index contributed by atoms with van der Waals surface area (Å²) in [5, 5.41) is 3.51. The van der Waals surface area contributed by atoms with Crippen molar-refractivity contribution in [3.63, 3.8) is 0 Å². The number of nitrogens with two attached hydrogens (primary N) is 1. The minimum absolute atomic E-state index is 0. The van der Waals surface area contributed by atoms with E-state index in [1.54, 1.807) is 7.11 Å². The van der Waals surface area contributed by atoms with Crippen LogP contribution in [0.4, 0.5) is 11.4 Å². The van der Waals surface area contributed by atoms with E-state index in [1.807, 2.05) is 29.2 Å². The number of rotatable bonds is 4. The molecule has 0 aliphatic carbocycles. The number of ether oxygens (including phenoxy) is 2. The highest BCUT2D eigenvalue weighted by atomic mass is 35.5. The van der Waals surface area contributed by atoms with Crippen LogP contribution >= 0.6 is 12.4 Å². The van der Waals surface area contributed by atoms with E-state index in [-0.39, 0.29) is 18.4 Å². The van der Waals surface area contributed by atoms with E-state index in [4.69, 9.17) is 15.2 Å². The molecule has 0 amide bonds. The van der Waals surface area contributed by atoms with Crippen LogP contribution in [0.25, 0.3) is 0 Å². The van der Waals surface area contributed by atoms with Gasteiger partial charge in [-0.2, -0.15) is 4.99 Å². The third-order valence-corrected chi connectivity index (χ3v) is 5.37. The van der Waals surface area contributed by atoms with Crippen LogP contribution in [0.2, 0.25) is 0 Å². The molecule has 0 saturated carbocycles. The molecule has 1 unspecified atom stereocenters. The van der Waals surface area contributed by atoms with Crippen molar-refractivity contribution in [2.75, 3.05) is 43.6 Å². The molecule has 1 atom stereocenters. The number of para-hydroxylation sites is 2. The first kappa shape index (κ1) is 22.7. The molecular weight excluding hydrogens is 416 g/mol. The van der Waals surface area contributed by atoms with Crippen LogP contribution in [-0.4, -0.2) is 56.5 Å². The zero-order valence-corrected chi connectivity index (χ0v) is 18.9. The molecule has 0 bridgehead atoms. The molecule has 8 nitrogen and oxygen atoms in total. The lowest BCUT2D eigenvalue weighted by Crippen LogP contribution is -2.57. The van der Waals surface area contributed by atoms with Crippen molar-refractivity contribution < 1.29 is 9.47 Å². The van der Waals surface area contributed by atoms with Gasteiger partial charge < -0.3 is 25.4 Å². The number of nitrogens with zero attached hydrogens (tertiary/aromatic N) is 4. The molecule has 0 radical (unpaired) electrons. The third kappa shape index (κ3) is 4.86. The van der Waals surface area contributed by atoms with E-state index in [9.17, 15) is 0 Å². The van der Waals surface area contributed by atoms with Gasteiger partial charge in [-0.15, -0.1) is 12.4 Å². The van der Waals surface area contributed by atoms with Gasteiger partial charge in [0.2, 0.25) is 18.2 Å². The average Bonchev–Trinajstić information content (AvgIpc) is 2.76. The van der Waals surface area contributed by atoms with Crippen LogP contribution in [0, 0.1) is 13.8 Å². The minimum atomic E-state index is -0.473. The van der Waals surface area contributed by atoms with Crippen molar-refractivity contribution in [1.29, 1.82) is 0 Å². The van der Waals surface area contributed by atoms with E-state index < -0.39 is 6.29 Å². The highest BCUT2D eigenvalue weighted by molar-refractivity contribution is 6.06. The van der Waals surface area contributed by atoms with Crippen molar-refractivity contribution in [2.45, 2.75) is 20.1 Å². The van der Waals surface area contributed by atoms with Gasteiger partial charge in [0.15, 0.2) is 0 Å². The van der Waals surface area contributed by atoms with Crippen molar-refractivity contribution in [2.24, 2.45) is 15.7 Å². The summed E-state index contributed by atoms with van der Waals surface area (Å²) in [4.78, 5) is 13.4. The van der Waals surface area contributed by atoms with Crippen LogP contribution in [0.15, 0.2) is 52.4 Å². The minimum Gasteiger partial charge on any atom is -0.495 e. The molecule has 0 spiro atoms. The van der Waals surface area contributed by atoms with E-state index in [0.717, 1.165) is 36.2 Å². The molecule has 2 heterocycles. The number of aryl methyl sites for hydroxylation is 2. The lowest BCUT2D eigenvalue weighted by Gasteiger charge is -2.41. The Kier molecular flexibility index (Phi) is 7.25. The quantitative estimate of drug-likeness (QED) is 0.753. The van der Waals surface area contributed by atoms with Crippen LogP contribution in [0.1, 0.15) is 11.1 Å². The molecule has 2 aromatic rings. The van der Waals surface area contributed by atoms with Gasteiger partial charge >= 0.3 is 0 Å². The molecule has 9 heteroatoms. The summed E-state index contributed by atoms with van der Waals surface area (Å²) >= 11 is 0. The molecule has 3 N–H and O–H groups in total. The number of hydrogen-bond donors (Lipinski definition) is 2. The Morgan fingerprint density at radius 3 is 2.55 bits per heavy atom. The van der Waals surface area contributed by atoms with Gasteiger partial charge in [-0.1, -0.05) is 18.2 Å². The number of anilines is 2. The van der Waals surface area contributed by atoms with Crippen molar-refractivity contribution in [3.8, 4) is 5.75 Å². The number of nitrogens with one attached hydrogen (secondary N) is 1. The monoisotopic (exact) mass is 444 g/mol. The van der Waals surface area contributed by atoms with Crippen molar-refractivity contribution in [1.82, 2.24) is 4.90 Å². The number of benzene rings is 2. The second kappa shape index (κ2) is 9.89. The largest absolute Gasteiger partial charge is 0.495 e. The van der Waals surface area contributed by atoms with Gasteiger partial charge in [0.05, 0.1) is 26.0 Å². The summed E-state index contributed by atoms with van der Waals surface area (Å²) in [6, 6.07) is 14.1. The summed E-state index contributed by atoms with van der Waals surface area (Å²) in [6.45, 7) is 6.94. The second-order valence-electron chi connectivity index (χ2n) is 7.36. The first-order valence-corrected chi connectivity index (χ1v) is 10.1. The number of guanidine groups is 2. The van der Waals surface area contributed by atoms with Gasteiger partial charge in [-0.25, -0.2) is 4.99 Å². The van der Waals surface area contributed by atoms with E-state index in [1.165, 1.54) is 11.1 Å². The molecule has 4 rings (SSSR count). The van der Waals surface area contributed by atoms with Crippen LogP contribution in [0.5, 0.6) is 5.75 Å². The topological polar surface area (TPSA) is 87.7 Å². The fourth-order valence-corrected chi connectivity index (χ4v) is 3.61. The molecule has 1 saturated heterocycles. The summed E-state index contributed by atoms with van der Waals surface area (Å²) < 4.78 is 11.2. The molecule has 0 aromatic heterocycles. The third-order valence-electron chi connectivity index (χ3n) is 5.37. The first-order valence-electron chi connectivity index (χ1n) is 10.1. The number of morpholine rings is 1. The summed E-state index contributed by atoms with van der Waals surface area (Å²) in [5.74, 6) is 1.71. The summed E-state index contributed by atoms with van der Waals surface area (Å²) in [7, 11) is 1.66. The number of hydrogen-bond acceptors (Lipinski definition) is 8. The highest BCUT2D eigenvalue weighted by Gasteiger charge is 2.33. The first-order chi connectivity index (χ1) is 14.6. The number of aliphatic imine (C=N–C) groups is 2. The molecule has 2 aliphatic rings. The van der Waals surface area contributed by atoms with Crippen LogP contribution in [-0.2, 0) is 4.74 Å². The summed E-state index contributed by atoms with van der Waals surface area (Å²) in [6.07, 6.45) is -0.473. The smallest absolute Gasteiger partial charge is 0.222 e. The Morgan fingerprint density at radius 1 is 1.10 bits per heavy atom. The van der Waals surface area contributed by atoms with Crippen LogP contribution < -0.4 is 20.7 Å². The zero-order chi connectivity index (χ0) is 21.1.